The zero-order chi connectivity index (χ0) is 23.9. The fraction of sp³-hybridized carbons (Fsp3) is 0.391. The number of aliphatic hydroxyl groups excluding tert-OH is 4. The van der Waals surface area contributed by atoms with Crippen LogP contribution >= 0.6 is 0 Å². The third-order valence-corrected chi connectivity index (χ3v) is 5.82. The van der Waals surface area contributed by atoms with E-state index in [0.29, 0.717) is 0 Å². The lowest BCUT2D eigenvalue weighted by Crippen LogP contribution is -2.60. The van der Waals surface area contributed by atoms with Crippen molar-refractivity contribution in [2.75, 3.05) is 20.8 Å². The first-order valence-electron chi connectivity index (χ1n) is 10.2. The normalized spacial score (nSPS) is 26.5. The third-order valence-electron chi connectivity index (χ3n) is 5.82. The lowest BCUT2D eigenvalue weighted by molar-refractivity contribution is -0.277. The summed E-state index contributed by atoms with van der Waals surface area (Å²) in [5.41, 5.74) is 0.857. The van der Waals surface area contributed by atoms with E-state index in [4.69, 9.17) is 18.9 Å². The molecule has 0 spiro atoms. The van der Waals surface area contributed by atoms with Gasteiger partial charge in [-0.1, -0.05) is 24.3 Å². The monoisotopic (exact) mass is 460 g/mol. The van der Waals surface area contributed by atoms with Crippen LogP contribution in [-0.4, -0.2) is 83.5 Å². The first-order chi connectivity index (χ1) is 15.8. The summed E-state index contributed by atoms with van der Waals surface area (Å²) in [6.45, 7) is -0.709. The standard InChI is InChI=1S/C23H24O10/c1-30-9-13-14(32-23-21(29)20(28)19(27)15(8-24)33-23)7-12-16(22(13)31-2)18(26)11-6-4-3-5-10(11)17(12)25/h3-7,15,19-21,23-24,27-29H,8-9H2,1-2H3/t15-,19-,20+,21-,23-/m1/s1. The largest absolute Gasteiger partial charge is 0.495 e. The van der Waals surface area contributed by atoms with E-state index in [1.54, 1.807) is 24.3 Å². The molecule has 5 atom stereocenters. The highest BCUT2D eigenvalue weighted by Crippen LogP contribution is 2.41. The number of hydrogen-bond acceptors (Lipinski definition) is 10. The first-order valence-corrected chi connectivity index (χ1v) is 10.2. The Labute approximate surface area is 188 Å². The van der Waals surface area contributed by atoms with Gasteiger partial charge in [0.1, 0.15) is 35.9 Å². The quantitative estimate of drug-likeness (QED) is 0.389. The topological polar surface area (TPSA) is 152 Å². The molecule has 0 radical (unpaired) electrons. The predicted octanol–water partition coefficient (Wildman–Crippen LogP) is -0.204. The van der Waals surface area contributed by atoms with Gasteiger partial charge < -0.3 is 39.4 Å². The van der Waals surface area contributed by atoms with Gasteiger partial charge in [0, 0.05) is 23.8 Å². The number of hydrogen-bond donors (Lipinski definition) is 4. The number of ketones is 2. The van der Waals surface area contributed by atoms with Crippen molar-refractivity contribution in [1.29, 1.82) is 0 Å². The molecule has 0 aromatic heterocycles. The minimum Gasteiger partial charge on any atom is -0.495 e. The fourth-order valence-electron chi connectivity index (χ4n) is 4.14. The van der Waals surface area contributed by atoms with Crippen LogP contribution in [0, 0.1) is 0 Å². The number of carbonyl (C=O) groups excluding carboxylic acids is 2. The van der Waals surface area contributed by atoms with Crippen LogP contribution < -0.4 is 9.47 Å². The molecular formula is C23H24O10. The van der Waals surface area contributed by atoms with E-state index >= 15 is 0 Å². The molecule has 10 nitrogen and oxygen atoms in total. The second kappa shape index (κ2) is 9.18. The summed E-state index contributed by atoms with van der Waals surface area (Å²) >= 11 is 0. The van der Waals surface area contributed by atoms with Crippen molar-refractivity contribution in [2.45, 2.75) is 37.3 Å². The van der Waals surface area contributed by atoms with Crippen LogP contribution in [0.2, 0.25) is 0 Å². The number of benzene rings is 2. The maximum Gasteiger partial charge on any atom is 0.229 e. The van der Waals surface area contributed by atoms with E-state index in [1.807, 2.05) is 0 Å². The Hall–Kier alpha value is -2.86. The Bertz CT molecular complexity index is 1080. The maximum absolute atomic E-state index is 13.2. The molecule has 0 saturated carbocycles. The van der Waals surface area contributed by atoms with Gasteiger partial charge >= 0.3 is 0 Å². The molecule has 0 amide bonds. The molecule has 1 aliphatic heterocycles. The molecule has 4 rings (SSSR count). The molecule has 176 valence electrons. The van der Waals surface area contributed by atoms with E-state index in [-0.39, 0.29) is 45.9 Å². The van der Waals surface area contributed by atoms with Crippen molar-refractivity contribution >= 4 is 11.6 Å². The summed E-state index contributed by atoms with van der Waals surface area (Å²) in [6.07, 6.45) is -7.56. The van der Waals surface area contributed by atoms with Gasteiger partial charge in [-0.05, 0) is 6.07 Å². The lowest BCUT2D eigenvalue weighted by Gasteiger charge is -2.40. The van der Waals surface area contributed by atoms with Crippen LogP contribution in [0.15, 0.2) is 30.3 Å². The summed E-state index contributed by atoms with van der Waals surface area (Å²) in [6, 6.07) is 7.76. The predicted molar refractivity (Wildman–Crippen MR) is 111 cm³/mol. The highest BCUT2D eigenvalue weighted by molar-refractivity contribution is 6.29. The molecule has 0 bridgehead atoms. The first kappa shape index (κ1) is 23.3. The fourth-order valence-corrected chi connectivity index (χ4v) is 4.14. The molecule has 1 heterocycles. The second-order valence-electron chi connectivity index (χ2n) is 7.76. The number of carbonyl (C=O) groups is 2. The molecule has 10 heteroatoms. The molecular weight excluding hydrogens is 436 g/mol. The van der Waals surface area contributed by atoms with Crippen LogP contribution in [0.5, 0.6) is 11.5 Å². The average Bonchev–Trinajstić information content (AvgIpc) is 2.83. The van der Waals surface area contributed by atoms with E-state index in [2.05, 4.69) is 0 Å². The minimum absolute atomic E-state index is 0.0114. The number of methoxy groups -OCH3 is 2. The number of fused-ring (bicyclic) bond motifs is 2. The van der Waals surface area contributed by atoms with Crippen molar-refractivity contribution in [3.63, 3.8) is 0 Å². The van der Waals surface area contributed by atoms with Crippen LogP contribution in [0.25, 0.3) is 0 Å². The van der Waals surface area contributed by atoms with Crippen molar-refractivity contribution < 1.29 is 49.0 Å². The van der Waals surface area contributed by atoms with Crippen LogP contribution in [0.1, 0.15) is 37.4 Å². The van der Waals surface area contributed by atoms with E-state index in [0.717, 1.165) is 0 Å². The molecule has 1 aliphatic carbocycles. The van der Waals surface area contributed by atoms with Gasteiger partial charge in [-0.3, -0.25) is 9.59 Å². The van der Waals surface area contributed by atoms with Gasteiger partial charge in [0.15, 0.2) is 11.6 Å². The van der Waals surface area contributed by atoms with E-state index in [1.165, 1.54) is 20.3 Å². The van der Waals surface area contributed by atoms with Gasteiger partial charge in [-0.25, -0.2) is 0 Å². The molecule has 2 aromatic rings. The van der Waals surface area contributed by atoms with Crippen molar-refractivity contribution in [3.05, 3.63) is 58.1 Å². The highest BCUT2D eigenvalue weighted by Gasteiger charge is 2.45. The summed E-state index contributed by atoms with van der Waals surface area (Å²) in [5, 5.41) is 39.9. The van der Waals surface area contributed by atoms with E-state index in [9.17, 15) is 30.0 Å². The lowest BCUT2D eigenvalue weighted by atomic mass is 9.82. The summed E-state index contributed by atoms with van der Waals surface area (Å²) in [5.74, 6) is -0.728. The summed E-state index contributed by atoms with van der Waals surface area (Å²) in [7, 11) is 2.75. The molecule has 1 saturated heterocycles. The van der Waals surface area contributed by atoms with Crippen LogP contribution in [0.3, 0.4) is 0 Å². The van der Waals surface area contributed by atoms with Crippen LogP contribution in [0.4, 0.5) is 0 Å². The Morgan fingerprint density at radius 1 is 0.939 bits per heavy atom. The molecule has 4 N–H and O–H groups in total. The Morgan fingerprint density at radius 2 is 1.61 bits per heavy atom. The molecule has 33 heavy (non-hydrogen) atoms. The van der Waals surface area contributed by atoms with Crippen molar-refractivity contribution in [3.8, 4) is 11.5 Å². The van der Waals surface area contributed by atoms with Gasteiger partial charge in [0.25, 0.3) is 0 Å². The van der Waals surface area contributed by atoms with Gasteiger partial charge in [-0.15, -0.1) is 0 Å². The Morgan fingerprint density at radius 3 is 2.21 bits per heavy atom. The molecule has 2 aliphatic rings. The van der Waals surface area contributed by atoms with Crippen molar-refractivity contribution in [1.82, 2.24) is 0 Å². The second-order valence-corrected chi connectivity index (χ2v) is 7.76. The smallest absolute Gasteiger partial charge is 0.229 e. The zero-order valence-corrected chi connectivity index (χ0v) is 17.9. The Balaban J connectivity index is 1.83. The van der Waals surface area contributed by atoms with E-state index < -0.39 is 48.9 Å². The molecule has 2 aromatic carbocycles. The highest BCUT2D eigenvalue weighted by atomic mass is 16.7. The summed E-state index contributed by atoms with van der Waals surface area (Å²) in [4.78, 5) is 26.4. The summed E-state index contributed by atoms with van der Waals surface area (Å²) < 4.78 is 22.0. The SMILES string of the molecule is COCc1c(O[C@@H]2O[C@H](CO)[C@@H](O)[C@H](O)[C@H]2O)cc2c(c1OC)C(=O)c1ccccc1C2=O. The zero-order valence-electron chi connectivity index (χ0n) is 17.9. The maximum atomic E-state index is 13.2. The van der Waals surface area contributed by atoms with Crippen LogP contribution in [-0.2, 0) is 16.1 Å². The van der Waals surface area contributed by atoms with Gasteiger partial charge in [0.2, 0.25) is 6.29 Å². The number of aliphatic hydroxyl groups is 4. The van der Waals surface area contributed by atoms with Crippen molar-refractivity contribution in [2.24, 2.45) is 0 Å². The number of ether oxygens (including phenoxy) is 4. The number of rotatable bonds is 6. The Kier molecular flexibility index (Phi) is 6.48. The van der Waals surface area contributed by atoms with Gasteiger partial charge in [-0.2, -0.15) is 0 Å². The third kappa shape index (κ3) is 3.80. The molecule has 1 fully saturated rings. The average molecular weight is 460 g/mol. The molecule has 0 unspecified atom stereocenters. The minimum atomic E-state index is -1.67. The van der Waals surface area contributed by atoms with Gasteiger partial charge in [0.05, 0.1) is 31.5 Å².